The molecule has 0 aliphatic rings. The van der Waals surface area contributed by atoms with Crippen LogP contribution in [0.4, 0.5) is 11.5 Å². The number of ether oxygens (including phenoxy) is 1. The van der Waals surface area contributed by atoms with Gasteiger partial charge in [0.2, 0.25) is 5.82 Å². The van der Waals surface area contributed by atoms with Gasteiger partial charge in [0.25, 0.3) is 15.9 Å². The molecule has 0 saturated heterocycles. The van der Waals surface area contributed by atoms with Crippen LogP contribution in [0.25, 0.3) is 0 Å². The number of rotatable bonds is 9. The van der Waals surface area contributed by atoms with Crippen LogP contribution in [0.15, 0.2) is 71.9 Å². The molecule has 0 fully saturated rings. The molecule has 0 spiro atoms. The normalized spacial score (nSPS) is 11.1. The number of sulfonamides is 1. The van der Waals surface area contributed by atoms with Gasteiger partial charge in [-0.3, -0.25) is 4.72 Å². The lowest BCUT2D eigenvalue weighted by molar-refractivity contribution is 0.314. The van der Waals surface area contributed by atoms with E-state index in [1.54, 1.807) is 24.3 Å². The van der Waals surface area contributed by atoms with Gasteiger partial charge in [-0.2, -0.15) is 0 Å². The second kappa shape index (κ2) is 9.38. The van der Waals surface area contributed by atoms with E-state index in [0.29, 0.717) is 13.2 Å². The van der Waals surface area contributed by atoms with Gasteiger partial charge in [0.15, 0.2) is 0 Å². The van der Waals surface area contributed by atoms with Crippen molar-refractivity contribution in [3.05, 3.63) is 72.6 Å². The third kappa shape index (κ3) is 5.45. The molecular formula is C21H24N4O3S. The molecule has 0 aliphatic carbocycles. The van der Waals surface area contributed by atoms with Gasteiger partial charge in [-0.15, -0.1) is 0 Å². The van der Waals surface area contributed by atoms with Gasteiger partial charge >= 0.3 is 0 Å². The van der Waals surface area contributed by atoms with Gasteiger partial charge in [0, 0.05) is 25.1 Å². The zero-order chi connectivity index (χ0) is 20.7. The number of nitrogens with zero attached hydrogens (tertiary/aromatic N) is 3. The topological polar surface area (TPSA) is 84.4 Å². The third-order valence-electron chi connectivity index (χ3n) is 4.40. The summed E-state index contributed by atoms with van der Waals surface area (Å²) in [5, 5.41) is 0. The molecule has 152 valence electrons. The van der Waals surface area contributed by atoms with E-state index < -0.39 is 10.0 Å². The molecule has 29 heavy (non-hydrogen) atoms. The van der Waals surface area contributed by atoms with Crippen LogP contribution in [0.3, 0.4) is 0 Å². The van der Waals surface area contributed by atoms with Gasteiger partial charge in [0.1, 0.15) is 6.61 Å². The average Bonchev–Trinajstić information content (AvgIpc) is 2.75. The highest BCUT2D eigenvalue weighted by atomic mass is 32.2. The van der Waals surface area contributed by atoms with Crippen LogP contribution in [0, 0.1) is 0 Å². The van der Waals surface area contributed by atoms with Crippen LogP contribution in [0.1, 0.15) is 12.5 Å². The van der Waals surface area contributed by atoms with Crippen molar-refractivity contribution in [1.29, 1.82) is 0 Å². The first-order chi connectivity index (χ1) is 14.0. The van der Waals surface area contributed by atoms with Crippen molar-refractivity contribution in [1.82, 2.24) is 9.97 Å². The lowest BCUT2D eigenvalue weighted by Crippen LogP contribution is -2.24. The SMILES string of the molecule is CCc1ccc(S(=O)(=O)Nc2nccnc2OCCN(C)c2ccccc2)cc1. The first kappa shape index (κ1) is 20.6. The number of aryl methyl sites for hydroxylation is 1. The highest BCUT2D eigenvalue weighted by Gasteiger charge is 2.18. The van der Waals surface area contributed by atoms with Crippen molar-refractivity contribution < 1.29 is 13.2 Å². The number of hydrogen-bond acceptors (Lipinski definition) is 6. The van der Waals surface area contributed by atoms with Crippen LogP contribution >= 0.6 is 0 Å². The fourth-order valence-corrected chi connectivity index (χ4v) is 3.69. The third-order valence-corrected chi connectivity index (χ3v) is 5.75. The number of benzene rings is 2. The molecule has 0 amide bonds. The largest absolute Gasteiger partial charge is 0.473 e. The highest BCUT2D eigenvalue weighted by molar-refractivity contribution is 7.92. The summed E-state index contributed by atoms with van der Waals surface area (Å²) in [5.41, 5.74) is 2.13. The predicted molar refractivity (Wildman–Crippen MR) is 114 cm³/mol. The molecule has 2 aromatic carbocycles. The first-order valence-corrected chi connectivity index (χ1v) is 10.8. The molecule has 3 rings (SSSR count). The molecule has 0 aliphatic heterocycles. The van der Waals surface area contributed by atoms with Gasteiger partial charge in [-0.25, -0.2) is 18.4 Å². The molecule has 0 saturated carbocycles. The summed E-state index contributed by atoms with van der Waals surface area (Å²) >= 11 is 0. The molecule has 1 aromatic heterocycles. The number of hydrogen-bond donors (Lipinski definition) is 1. The summed E-state index contributed by atoms with van der Waals surface area (Å²) in [5.74, 6) is 0.206. The molecular weight excluding hydrogens is 388 g/mol. The lowest BCUT2D eigenvalue weighted by Gasteiger charge is -2.19. The second-order valence-electron chi connectivity index (χ2n) is 6.42. The van der Waals surface area contributed by atoms with Crippen molar-refractivity contribution in [3.63, 3.8) is 0 Å². The summed E-state index contributed by atoms with van der Waals surface area (Å²) in [6.07, 6.45) is 3.72. The number of aromatic nitrogens is 2. The lowest BCUT2D eigenvalue weighted by atomic mass is 10.2. The Hall–Kier alpha value is -3.13. The number of anilines is 2. The van der Waals surface area contributed by atoms with E-state index in [0.717, 1.165) is 17.7 Å². The minimum Gasteiger partial charge on any atom is -0.473 e. The monoisotopic (exact) mass is 412 g/mol. The van der Waals surface area contributed by atoms with Crippen LogP contribution in [0.5, 0.6) is 5.88 Å². The van der Waals surface area contributed by atoms with Gasteiger partial charge < -0.3 is 9.64 Å². The predicted octanol–water partition coefficient (Wildman–Crippen LogP) is 3.36. The van der Waals surface area contributed by atoms with Crippen molar-refractivity contribution in [2.75, 3.05) is 29.8 Å². The summed E-state index contributed by atoms with van der Waals surface area (Å²) < 4.78 is 33.5. The highest BCUT2D eigenvalue weighted by Crippen LogP contribution is 2.22. The van der Waals surface area contributed by atoms with Crippen molar-refractivity contribution >= 4 is 21.5 Å². The molecule has 0 atom stereocenters. The quantitative estimate of drug-likeness (QED) is 0.580. The van der Waals surface area contributed by atoms with E-state index in [9.17, 15) is 8.42 Å². The maximum atomic E-state index is 12.7. The molecule has 0 bridgehead atoms. The van der Waals surface area contributed by atoms with Crippen molar-refractivity contribution in [2.24, 2.45) is 0 Å². The minimum atomic E-state index is -3.79. The average molecular weight is 413 g/mol. The Bertz CT molecular complexity index is 1030. The van der Waals surface area contributed by atoms with Crippen LogP contribution in [0.2, 0.25) is 0 Å². The zero-order valence-corrected chi connectivity index (χ0v) is 17.3. The standard InChI is InChI=1S/C21H24N4O3S/c1-3-17-9-11-19(12-10-17)29(26,27)24-20-21(23-14-13-22-20)28-16-15-25(2)18-7-5-4-6-8-18/h4-14H,3,15-16H2,1-2H3,(H,22,24). The first-order valence-electron chi connectivity index (χ1n) is 9.31. The zero-order valence-electron chi connectivity index (χ0n) is 16.4. The van der Waals surface area contributed by atoms with E-state index in [1.165, 1.54) is 12.4 Å². The van der Waals surface area contributed by atoms with Crippen molar-refractivity contribution in [3.8, 4) is 5.88 Å². The summed E-state index contributed by atoms with van der Waals surface area (Å²) in [6, 6.07) is 16.6. The maximum Gasteiger partial charge on any atom is 0.263 e. The summed E-state index contributed by atoms with van der Waals surface area (Å²) in [7, 11) is -1.83. The Balaban J connectivity index is 1.66. The van der Waals surface area contributed by atoms with E-state index >= 15 is 0 Å². The molecule has 0 radical (unpaired) electrons. The van der Waals surface area contributed by atoms with E-state index in [-0.39, 0.29) is 16.6 Å². The molecule has 1 N–H and O–H groups in total. The number of nitrogens with one attached hydrogen (secondary N) is 1. The smallest absolute Gasteiger partial charge is 0.263 e. The molecule has 8 heteroatoms. The fraction of sp³-hybridized carbons (Fsp3) is 0.238. The summed E-state index contributed by atoms with van der Waals surface area (Å²) in [6.45, 7) is 2.94. The minimum absolute atomic E-state index is 0.0643. The molecule has 7 nitrogen and oxygen atoms in total. The fourth-order valence-electron chi connectivity index (χ4n) is 2.68. The van der Waals surface area contributed by atoms with E-state index in [1.807, 2.05) is 49.2 Å². The second-order valence-corrected chi connectivity index (χ2v) is 8.10. The molecule has 0 unspecified atom stereocenters. The van der Waals surface area contributed by atoms with Gasteiger partial charge in [-0.05, 0) is 36.2 Å². The van der Waals surface area contributed by atoms with E-state index in [4.69, 9.17) is 4.74 Å². The Kier molecular flexibility index (Phi) is 6.66. The number of likely N-dealkylation sites (N-methyl/N-ethyl adjacent to an activating group) is 1. The summed E-state index contributed by atoms with van der Waals surface area (Å²) in [4.78, 5) is 10.4. The molecule has 1 heterocycles. The van der Waals surface area contributed by atoms with Crippen molar-refractivity contribution in [2.45, 2.75) is 18.2 Å². The Morgan fingerprint density at radius 3 is 2.38 bits per heavy atom. The van der Waals surface area contributed by atoms with Crippen LogP contribution < -0.4 is 14.4 Å². The Labute approximate surface area is 171 Å². The van der Waals surface area contributed by atoms with Crippen LogP contribution in [-0.2, 0) is 16.4 Å². The molecule has 3 aromatic rings. The Morgan fingerprint density at radius 2 is 1.69 bits per heavy atom. The Morgan fingerprint density at radius 1 is 1.00 bits per heavy atom. The maximum absolute atomic E-state index is 12.7. The number of para-hydroxylation sites is 1. The van der Waals surface area contributed by atoms with Gasteiger partial charge in [-0.1, -0.05) is 37.3 Å². The van der Waals surface area contributed by atoms with E-state index in [2.05, 4.69) is 14.7 Å². The van der Waals surface area contributed by atoms with Gasteiger partial charge in [0.05, 0.1) is 11.4 Å². The van der Waals surface area contributed by atoms with Crippen LogP contribution in [-0.4, -0.2) is 38.6 Å².